The van der Waals surface area contributed by atoms with Crippen LogP contribution in [0.15, 0.2) is 77.7 Å². The Morgan fingerprint density at radius 1 is 0.927 bits per heavy atom. The first-order valence-corrected chi connectivity index (χ1v) is 15.5. The standard InChI is InChI=1S/C30H35Cl2N3O5S/c1-5-21(3)33-30(37)22(4)34(19-23-16-17-25(31)26(32)18-23)29(36)20-35(27-14-10-11-15-28(27)40-6-2)41(38,39)24-12-8-7-9-13-24/h7-18,21-22H,5-6,19-20H2,1-4H3,(H,33,37)/t21-,22+/m0/s1. The Labute approximate surface area is 252 Å². The number of rotatable bonds is 13. The van der Waals surface area contributed by atoms with Crippen LogP contribution in [0.1, 0.15) is 39.7 Å². The van der Waals surface area contributed by atoms with Crippen molar-refractivity contribution in [1.29, 1.82) is 0 Å². The molecule has 1 N–H and O–H groups in total. The summed E-state index contributed by atoms with van der Waals surface area (Å²) in [7, 11) is -4.21. The molecule has 0 saturated heterocycles. The van der Waals surface area contributed by atoms with Gasteiger partial charge in [0.05, 0.1) is 27.2 Å². The van der Waals surface area contributed by atoms with E-state index >= 15 is 0 Å². The molecule has 2 amide bonds. The maximum Gasteiger partial charge on any atom is 0.264 e. The molecule has 220 valence electrons. The molecule has 41 heavy (non-hydrogen) atoms. The van der Waals surface area contributed by atoms with Crippen LogP contribution in [0.5, 0.6) is 5.75 Å². The van der Waals surface area contributed by atoms with E-state index in [0.29, 0.717) is 34.4 Å². The van der Waals surface area contributed by atoms with Crippen molar-refractivity contribution >= 4 is 50.7 Å². The summed E-state index contributed by atoms with van der Waals surface area (Å²) in [6.45, 7) is 6.91. The second-order valence-corrected chi connectivity index (χ2v) is 12.2. The van der Waals surface area contributed by atoms with E-state index in [4.69, 9.17) is 27.9 Å². The number of hydrogen-bond donors (Lipinski definition) is 1. The highest BCUT2D eigenvalue weighted by Crippen LogP contribution is 2.33. The molecule has 2 atom stereocenters. The van der Waals surface area contributed by atoms with Gasteiger partial charge < -0.3 is 15.0 Å². The highest BCUT2D eigenvalue weighted by atomic mass is 35.5. The molecule has 0 saturated carbocycles. The molecule has 0 unspecified atom stereocenters. The zero-order chi connectivity index (χ0) is 30.2. The molecule has 0 aliphatic carbocycles. The first kappa shape index (κ1) is 32.2. The molecule has 3 rings (SSSR count). The fourth-order valence-electron chi connectivity index (χ4n) is 4.06. The number of sulfonamides is 1. The summed E-state index contributed by atoms with van der Waals surface area (Å²) in [4.78, 5) is 28.6. The van der Waals surface area contributed by atoms with Crippen molar-refractivity contribution in [3.05, 3.63) is 88.4 Å². The highest BCUT2D eigenvalue weighted by molar-refractivity contribution is 7.92. The van der Waals surface area contributed by atoms with Gasteiger partial charge in [0.1, 0.15) is 18.3 Å². The van der Waals surface area contributed by atoms with Crippen LogP contribution in [0.2, 0.25) is 10.0 Å². The fraction of sp³-hybridized carbons (Fsp3) is 0.333. The smallest absolute Gasteiger partial charge is 0.264 e. The summed E-state index contributed by atoms with van der Waals surface area (Å²) in [6.07, 6.45) is 0.705. The second-order valence-electron chi connectivity index (χ2n) is 9.49. The van der Waals surface area contributed by atoms with Crippen molar-refractivity contribution in [3.8, 4) is 5.75 Å². The lowest BCUT2D eigenvalue weighted by molar-refractivity contribution is -0.139. The Morgan fingerprint density at radius 2 is 1.59 bits per heavy atom. The van der Waals surface area contributed by atoms with Gasteiger partial charge in [0.2, 0.25) is 11.8 Å². The third-order valence-corrected chi connectivity index (χ3v) is 9.06. The van der Waals surface area contributed by atoms with Gasteiger partial charge in [0.15, 0.2) is 0 Å². The third kappa shape index (κ3) is 8.15. The van der Waals surface area contributed by atoms with Crippen molar-refractivity contribution in [2.45, 2.75) is 57.6 Å². The van der Waals surface area contributed by atoms with Crippen LogP contribution in [-0.2, 0) is 26.2 Å². The summed E-state index contributed by atoms with van der Waals surface area (Å²) < 4.78 is 34.7. The minimum atomic E-state index is -4.21. The van der Waals surface area contributed by atoms with Crippen molar-refractivity contribution < 1.29 is 22.7 Å². The lowest BCUT2D eigenvalue weighted by atomic mass is 10.1. The predicted octanol–water partition coefficient (Wildman–Crippen LogP) is 5.92. The normalized spacial score (nSPS) is 12.7. The summed E-state index contributed by atoms with van der Waals surface area (Å²) in [6, 6.07) is 18.4. The summed E-state index contributed by atoms with van der Waals surface area (Å²) >= 11 is 12.3. The van der Waals surface area contributed by atoms with Gasteiger partial charge in [-0.1, -0.05) is 66.5 Å². The number of anilines is 1. The van der Waals surface area contributed by atoms with E-state index in [0.717, 1.165) is 4.31 Å². The topological polar surface area (TPSA) is 96.0 Å². The van der Waals surface area contributed by atoms with Gasteiger partial charge in [-0.05, 0) is 69.2 Å². The number of nitrogens with one attached hydrogen (secondary N) is 1. The SMILES string of the molecule is CCOc1ccccc1N(CC(=O)N(Cc1ccc(Cl)c(Cl)c1)[C@H](C)C(=O)N[C@@H](C)CC)S(=O)(=O)c1ccccc1. The Bertz CT molecular complexity index is 1450. The van der Waals surface area contributed by atoms with Crippen molar-refractivity contribution in [3.63, 3.8) is 0 Å². The summed E-state index contributed by atoms with van der Waals surface area (Å²) in [5.41, 5.74) is 0.834. The summed E-state index contributed by atoms with van der Waals surface area (Å²) in [5.74, 6) is -0.644. The molecule has 0 radical (unpaired) electrons. The number of ether oxygens (including phenoxy) is 1. The Hall–Kier alpha value is -3.27. The van der Waals surface area contributed by atoms with Gasteiger partial charge in [0, 0.05) is 12.6 Å². The van der Waals surface area contributed by atoms with E-state index in [1.54, 1.807) is 74.5 Å². The number of nitrogens with zero attached hydrogens (tertiary/aromatic N) is 2. The first-order valence-electron chi connectivity index (χ1n) is 13.3. The molecule has 11 heteroatoms. The fourth-order valence-corrected chi connectivity index (χ4v) is 5.82. The Kier molecular flexibility index (Phi) is 11.5. The minimum Gasteiger partial charge on any atom is -0.492 e. The number of hydrogen-bond acceptors (Lipinski definition) is 5. The molecule has 0 heterocycles. The van der Waals surface area contributed by atoms with Gasteiger partial charge >= 0.3 is 0 Å². The molecular weight excluding hydrogens is 585 g/mol. The lowest BCUT2D eigenvalue weighted by Gasteiger charge is -2.33. The molecule has 8 nitrogen and oxygen atoms in total. The average Bonchev–Trinajstić information content (AvgIpc) is 2.96. The molecule has 0 aliphatic rings. The Balaban J connectivity index is 2.08. The van der Waals surface area contributed by atoms with Gasteiger partial charge in [0.25, 0.3) is 10.0 Å². The van der Waals surface area contributed by atoms with Crippen LogP contribution in [0, 0.1) is 0 Å². The van der Waals surface area contributed by atoms with Crippen LogP contribution in [0.25, 0.3) is 0 Å². The monoisotopic (exact) mass is 619 g/mol. The van der Waals surface area contributed by atoms with Crippen LogP contribution >= 0.6 is 23.2 Å². The molecule has 0 fully saturated rings. The van der Waals surface area contributed by atoms with E-state index in [-0.39, 0.29) is 29.1 Å². The van der Waals surface area contributed by atoms with Crippen molar-refractivity contribution in [2.24, 2.45) is 0 Å². The largest absolute Gasteiger partial charge is 0.492 e. The molecule has 3 aromatic rings. The summed E-state index contributed by atoms with van der Waals surface area (Å²) in [5, 5.41) is 3.55. The molecular formula is C30H35Cl2N3O5S. The highest BCUT2D eigenvalue weighted by Gasteiger charge is 2.34. The zero-order valence-electron chi connectivity index (χ0n) is 23.5. The second kappa shape index (κ2) is 14.6. The lowest BCUT2D eigenvalue weighted by Crippen LogP contribution is -2.52. The van der Waals surface area contributed by atoms with Gasteiger partial charge in [-0.2, -0.15) is 0 Å². The van der Waals surface area contributed by atoms with Crippen LogP contribution in [0.3, 0.4) is 0 Å². The number of benzene rings is 3. The zero-order valence-corrected chi connectivity index (χ0v) is 25.8. The molecule has 0 spiro atoms. The quantitative estimate of drug-likeness (QED) is 0.256. The van der Waals surface area contributed by atoms with Crippen molar-refractivity contribution in [2.75, 3.05) is 17.5 Å². The van der Waals surface area contributed by atoms with Crippen molar-refractivity contribution in [1.82, 2.24) is 10.2 Å². The number of halogens is 2. The number of amides is 2. The van der Waals surface area contributed by atoms with E-state index in [2.05, 4.69) is 5.32 Å². The van der Waals surface area contributed by atoms with Gasteiger partial charge in [-0.25, -0.2) is 8.42 Å². The number of para-hydroxylation sites is 2. The predicted molar refractivity (Wildman–Crippen MR) is 163 cm³/mol. The van der Waals surface area contributed by atoms with E-state index in [1.165, 1.54) is 17.0 Å². The van der Waals surface area contributed by atoms with Gasteiger partial charge in [-0.3, -0.25) is 13.9 Å². The molecule has 0 aromatic heterocycles. The van der Waals surface area contributed by atoms with E-state index < -0.39 is 28.5 Å². The van der Waals surface area contributed by atoms with Crippen LogP contribution in [0.4, 0.5) is 5.69 Å². The number of carbonyl (C=O) groups is 2. The molecule has 0 bridgehead atoms. The number of carbonyl (C=O) groups excluding carboxylic acids is 2. The van der Waals surface area contributed by atoms with Gasteiger partial charge in [-0.15, -0.1) is 0 Å². The third-order valence-electron chi connectivity index (χ3n) is 6.55. The molecule has 3 aromatic carbocycles. The van der Waals surface area contributed by atoms with E-state index in [9.17, 15) is 18.0 Å². The minimum absolute atomic E-state index is 0.00283. The Morgan fingerprint density at radius 3 is 2.22 bits per heavy atom. The maximum atomic E-state index is 14.1. The van der Waals surface area contributed by atoms with E-state index in [1.807, 2.05) is 13.8 Å². The maximum absolute atomic E-state index is 14.1. The van der Waals surface area contributed by atoms with Crippen LogP contribution in [-0.4, -0.2) is 50.4 Å². The van der Waals surface area contributed by atoms with Crippen LogP contribution < -0.4 is 14.4 Å². The first-order chi connectivity index (χ1) is 19.5. The molecule has 0 aliphatic heterocycles. The average molecular weight is 621 g/mol.